The summed E-state index contributed by atoms with van der Waals surface area (Å²) in [6.07, 6.45) is 1.66. The summed E-state index contributed by atoms with van der Waals surface area (Å²) < 4.78 is 28.4. The number of benzene rings is 1. The minimum atomic E-state index is -2.85. The van der Waals surface area contributed by atoms with Crippen molar-refractivity contribution >= 4 is 38.8 Å². The van der Waals surface area contributed by atoms with Gasteiger partial charge in [-0.3, -0.25) is 19.8 Å². The molecule has 2 fully saturated rings. The van der Waals surface area contributed by atoms with E-state index in [4.69, 9.17) is 4.74 Å². The quantitative estimate of drug-likeness (QED) is 0.763. The molecule has 0 saturated carbocycles. The second kappa shape index (κ2) is 7.59. The molecule has 0 aliphatic carbocycles. The first-order valence-electron chi connectivity index (χ1n) is 7.82. The highest BCUT2D eigenvalue weighted by molar-refractivity contribution is 8.18. The van der Waals surface area contributed by atoms with Gasteiger partial charge in [0, 0.05) is 19.6 Å². The molecule has 3 rings (SSSR count). The molecular formula is C16H18N2O5S2. The summed E-state index contributed by atoms with van der Waals surface area (Å²) >= 11 is 0.884. The molecule has 2 aliphatic rings. The number of nitrogens with zero attached hydrogens (tertiary/aromatic N) is 1. The van der Waals surface area contributed by atoms with Gasteiger partial charge in [0.05, 0.1) is 16.4 Å². The number of hydrogen-bond acceptors (Lipinski definition) is 7. The minimum Gasteiger partial charge on any atom is -0.492 e. The highest BCUT2D eigenvalue weighted by atomic mass is 32.2. The fourth-order valence-electron chi connectivity index (χ4n) is 2.50. The largest absolute Gasteiger partial charge is 0.492 e. The maximum Gasteiger partial charge on any atom is 0.290 e. The number of sulfone groups is 1. The lowest BCUT2D eigenvalue weighted by molar-refractivity contribution is -0.115. The molecule has 9 heteroatoms. The number of ether oxygens (including phenoxy) is 1. The fraction of sp³-hybridized carbons (Fsp3) is 0.375. The van der Waals surface area contributed by atoms with E-state index in [-0.39, 0.29) is 22.7 Å². The van der Waals surface area contributed by atoms with Crippen molar-refractivity contribution in [3.8, 4) is 5.75 Å². The second-order valence-corrected chi connectivity index (χ2v) is 9.08. The Morgan fingerprint density at radius 3 is 2.44 bits per heavy atom. The van der Waals surface area contributed by atoms with Crippen molar-refractivity contribution in [3.05, 3.63) is 34.7 Å². The van der Waals surface area contributed by atoms with Crippen LogP contribution < -0.4 is 10.1 Å². The number of amides is 2. The summed E-state index contributed by atoms with van der Waals surface area (Å²) in [6.45, 7) is 2.26. The first kappa shape index (κ1) is 18.0. The van der Waals surface area contributed by atoms with E-state index in [1.54, 1.807) is 18.2 Å². The topological polar surface area (TPSA) is 92.8 Å². The van der Waals surface area contributed by atoms with Gasteiger partial charge in [0.2, 0.25) is 0 Å². The standard InChI is InChI=1S/C16H18N2O5S2/c19-15-14(24-16(20)17-15)11-12-1-3-13(4-2-12)23-8-5-18-6-9-25(21,22)10-7-18/h1-4,11H,5-10H2,(H,17,19,20)/b14-11-. The van der Waals surface area contributed by atoms with Gasteiger partial charge in [-0.2, -0.15) is 0 Å². The zero-order chi connectivity index (χ0) is 17.9. The SMILES string of the molecule is O=C1NC(=O)/C(=C/c2ccc(OCCN3CCS(=O)(=O)CC3)cc2)S1. The van der Waals surface area contributed by atoms with Crippen molar-refractivity contribution in [1.82, 2.24) is 10.2 Å². The van der Waals surface area contributed by atoms with E-state index < -0.39 is 9.84 Å². The first-order chi connectivity index (χ1) is 11.9. The van der Waals surface area contributed by atoms with Gasteiger partial charge in [-0.25, -0.2) is 8.42 Å². The van der Waals surface area contributed by atoms with Crippen molar-refractivity contribution in [1.29, 1.82) is 0 Å². The van der Waals surface area contributed by atoms with Gasteiger partial charge in [-0.05, 0) is 35.5 Å². The number of rotatable bonds is 5. The van der Waals surface area contributed by atoms with Crippen molar-refractivity contribution in [2.75, 3.05) is 37.7 Å². The second-order valence-electron chi connectivity index (χ2n) is 5.76. The smallest absolute Gasteiger partial charge is 0.290 e. The minimum absolute atomic E-state index is 0.213. The van der Waals surface area contributed by atoms with E-state index in [0.29, 0.717) is 36.9 Å². The molecule has 0 spiro atoms. The van der Waals surface area contributed by atoms with E-state index in [9.17, 15) is 18.0 Å². The average Bonchev–Trinajstić information content (AvgIpc) is 2.88. The number of carbonyl (C=O) groups is 2. The first-order valence-corrected chi connectivity index (χ1v) is 10.5. The molecule has 1 aromatic rings. The van der Waals surface area contributed by atoms with Gasteiger partial charge in [-0.15, -0.1) is 0 Å². The number of nitrogens with one attached hydrogen (secondary N) is 1. The lowest BCUT2D eigenvalue weighted by Crippen LogP contribution is -2.42. The molecule has 2 amide bonds. The Bertz CT molecular complexity index is 788. The van der Waals surface area contributed by atoms with Gasteiger partial charge < -0.3 is 4.74 Å². The van der Waals surface area contributed by atoms with E-state index in [2.05, 4.69) is 10.2 Å². The molecule has 0 atom stereocenters. The molecule has 2 heterocycles. The highest BCUT2D eigenvalue weighted by Crippen LogP contribution is 2.26. The lowest BCUT2D eigenvalue weighted by Gasteiger charge is -2.26. The molecule has 2 aliphatic heterocycles. The lowest BCUT2D eigenvalue weighted by atomic mass is 10.2. The molecule has 1 aromatic carbocycles. The molecule has 7 nitrogen and oxygen atoms in total. The molecule has 0 unspecified atom stereocenters. The number of carbonyl (C=O) groups excluding carboxylic acids is 2. The monoisotopic (exact) mass is 382 g/mol. The Morgan fingerprint density at radius 1 is 1.16 bits per heavy atom. The zero-order valence-electron chi connectivity index (χ0n) is 13.4. The van der Waals surface area contributed by atoms with Gasteiger partial charge >= 0.3 is 0 Å². The van der Waals surface area contributed by atoms with Crippen LogP contribution in [0.3, 0.4) is 0 Å². The Kier molecular flexibility index (Phi) is 5.45. The fourth-order valence-corrected chi connectivity index (χ4v) is 4.46. The van der Waals surface area contributed by atoms with Crippen LogP contribution in [0.1, 0.15) is 5.56 Å². The van der Waals surface area contributed by atoms with Crippen molar-refractivity contribution in [2.45, 2.75) is 0 Å². The molecule has 2 saturated heterocycles. The summed E-state index contributed by atoms with van der Waals surface area (Å²) in [5.74, 6) is 0.750. The third-order valence-electron chi connectivity index (χ3n) is 3.93. The van der Waals surface area contributed by atoms with E-state index >= 15 is 0 Å². The third kappa shape index (κ3) is 5.07. The van der Waals surface area contributed by atoms with Crippen LogP contribution in [0.5, 0.6) is 5.75 Å². The maximum absolute atomic E-state index is 11.5. The Balaban J connectivity index is 1.47. The van der Waals surface area contributed by atoms with Crippen molar-refractivity contribution in [3.63, 3.8) is 0 Å². The molecule has 0 bridgehead atoms. The molecule has 0 aromatic heterocycles. The van der Waals surface area contributed by atoms with Crippen LogP contribution in [0.4, 0.5) is 4.79 Å². The van der Waals surface area contributed by atoms with Crippen molar-refractivity contribution in [2.24, 2.45) is 0 Å². The number of thioether (sulfide) groups is 1. The molecule has 25 heavy (non-hydrogen) atoms. The summed E-state index contributed by atoms with van der Waals surface area (Å²) in [4.78, 5) is 25.1. The molecular weight excluding hydrogens is 364 g/mol. The Morgan fingerprint density at radius 2 is 1.84 bits per heavy atom. The number of hydrogen-bond donors (Lipinski definition) is 1. The van der Waals surface area contributed by atoms with Crippen LogP contribution in [-0.2, 0) is 14.6 Å². The van der Waals surface area contributed by atoms with Crippen LogP contribution in [0.15, 0.2) is 29.2 Å². The van der Waals surface area contributed by atoms with Gasteiger partial charge in [0.25, 0.3) is 11.1 Å². The highest BCUT2D eigenvalue weighted by Gasteiger charge is 2.25. The number of imide groups is 1. The van der Waals surface area contributed by atoms with Crippen LogP contribution in [0, 0.1) is 0 Å². The summed E-state index contributed by atoms with van der Waals surface area (Å²) in [6, 6.07) is 7.22. The van der Waals surface area contributed by atoms with Gasteiger partial charge in [-0.1, -0.05) is 12.1 Å². The zero-order valence-corrected chi connectivity index (χ0v) is 15.1. The van der Waals surface area contributed by atoms with Gasteiger partial charge in [0.15, 0.2) is 9.84 Å². The van der Waals surface area contributed by atoms with Crippen LogP contribution in [-0.4, -0.2) is 62.2 Å². The summed E-state index contributed by atoms with van der Waals surface area (Å²) in [5, 5.41) is 1.85. The molecule has 0 radical (unpaired) electrons. The maximum atomic E-state index is 11.5. The summed E-state index contributed by atoms with van der Waals surface area (Å²) in [5.41, 5.74) is 0.806. The normalized spacial score (nSPS) is 22.2. The average molecular weight is 382 g/mol. The van der Waals surface area contributed by atoms with E-state index in [0.717, 1.165) is 17.3 Å². The van der Waals surface area contributed by atoms with Crippen molar-refractivity contribution < 1.29 is 22.7 Å². The van der Waals surface area contributed by atoms with Crippen LogP contribution in [0.25, 0.3) is 6.08 Å². The van der Waals surface area contributed by atoms with Gasteiger partial charge in [0.1, 0.15) is 12.4 Å². The Labute approximate surface area is 150 Å². The van der Waals surface area contributed by atoms with Crippen LogP contribution in [0.2, 0.25) is 0 Å². The van der Waals surface area contributed by atoms with Crippen LogP contribution >= 0.6 is 11.8 Å². The predicted octanol–water partition coefficient (Wildman–Crippen LogP) is 1.12. The molecule has 1 N–H and O–H groups in total. The predicted molar refractivity (Wildman–Crippen MR) is 96.1 cm³/mol. The van der Waals surface area contributed by atoms with E-state index in [1.807, 2.05) is 12.1 Å². The summed E-state index contributed by atoms with van der Waals surface area (Å²) in [7, 11) is -2.85. The molecule has 134 valence electrons. The third-order valence-corrected chi connectivity index (χ3v) is 6.35. The van der Waals surface area contributed by atoms with E-state index in [1.165, 1.54) is 0 Å². The Hall–Kier alpha value is -1.84.